The predicted molar refractivity (Wildman–Crippen MR) is 97.3 cm³/mol. The summed E-state index contributed by atoms with van der Waals surface area (Å²) in [6, 6.07) is 17.9. The van der Waals surface area contributed by atoms with Gasteiger partial charge in [0.2, 0.25) is 0 Å². The first-order chi connectivity index (χ1) is 13.1. The molecule has 1 atom stereocenters. The molecule has 6 nitrogen and oxygen atoms in total. The standard InChI is InChI=1S/C20H18FN3O3/c21-15-9-4-5-10-16(15)23-20(26)24-18(25)13-22-19(17-11-6-12-27-17)14-7-2-1-3-8-14/h1-12,19,22H,13H2,(H2,23,24,25,26)/p+1/t19-/m1/s1. The second-order valence-corrected chi connectivity index (χ2v) is 5.83. The van der Waals surface area contributed by atoms with Gasteiger partial charge in [-0.15, -0.1) is 0 Å². The minimum atomic E-state index is -0.784. The molecule has 4 N–H and O–H groups in total. The van der Waals surface area contributed by atoms with E-state index in [0.29, 0.717) is 5.76 Å². The number of nitrogens with two attached hydrogens (primary N) is 1. The summed E-state index contributed by atoms with van der Waals surface area (Å²) in [4.78, 5) is 24.0. The third-order valence-corrected chi connectivity index (χ3v) is 3.92. The molecule has 0 fully saturated rings. The van der Waals surface area contributed by atoms with E-state index in [1.807, 2.05) is 36.4 Å². The van der Waals surface area contributed by atoms with E-state index in [2.05, 4.69) is 10.6 Å². The quantitative estimate of drug-likeness (QED) is 0.624. The monoisotopic (exact) mass is 368 g/mol. The minimum absolute atomic E-state index is 0.00419. The van der Waals surface area contributed by atoms with Crippen LogP contribution in [0.4, 0.5) is 14.9 Å². The third kappa shape index (κ3) is 5.02. The molecule has 0 saturated carbocycles. The van der Waals surface area contributed by atoms with Gasteiger partial charge >= 0.3 is 6.03 Å². The second-order valence-electron chi connectivity index (χ2n) is 5.83. The zero-order chi connectivity index (χ0) is 19.1. The van der Waals surface area contributed by atoms with Crippen LogP contribution in [0.2, 0.25) is 0 Å². The molecule has 2 aromatic carbocycles. The number of hydrogen-bond acceptors (Lipinski definition) is 3. The highest BCUT2D eigenvalue weighted by molar-refractivity contribution is 6.01. The van der Waals surface area contributed by atoms with Crippen LogP contribution in [0.25, 0.3) is 0 Å². The van der Waals surface area contributed by atoms with Gasteiger partial charge in [0, 0.05) is 5.56 Å². The van der Waals surface area contributed by atoms with Crippen LogP contribution in [0.5, 0.6) is 0 Å². The van der Waals surface area contributed by atoms with E-state index in [1.54, 1.807) is 23.7 Å². The van der Waals surface area contributed by atoms with Gasteiger partial charge in [-0.25, -0.2) is 9.18 Å². The van der Waals surface area contributed by atoms with Crippen LogP contribution >= 0.6 is 0 Å². The van der Waals surface area contributed by atoms with Crippen LogP contribution in [0.3, 0.4) is 0 Å². The molecular weight excluding hydrogens is 349 g/mol. The predicted octanol–water partition coefficient (Wildman–Crippen LogP) is 2.42. The summed E-state index contributed by atoms with van der Waals surface area (Å²) < 4.78 is 19.0. The van der Waals surface area contributed by atoms with Crippen molar-refractivity contribution < 1.29 is 23.7 Å². The molecule has 1 aromatic heterocycles. The van der Waals surface area contributed by atoms with Crippen molar-refractivity contribution in [3.8, 4) is 0 Å². The second kappa shape index (κ2) is 8.77. The lowest BCUT2D eigenvalue weighted by Crippen LogP contribution is -2.87. The average Bonchev–Trinajstić information content (AvgIpc) is 3.19. The molecule has 0 spiro atoms. The molecule has 27 heavy (non-hydrogen) atoms. The SMILES string of the molecule is O=C(C[NH2+][C@H](c1ccccc1)c1ccco1)NC(=O)Nc1ccccc1F. The smallest absolute Gasteiger partial charge is 0.326 e. The van der Waals surface area contributed by atoms with Crippen molar-refractivity contribution in [3.05, 3.63) is 90.1 Å². The van der Waals surface area contributed by atoms with Crippen molar-refractivity contribution in [1.29, 1.82) is 0 Å². The van der Waals surface area contributed by atoms with Gasteiger partial charge in [0.05, 0.1) is 12.0 Å². The van der Waals surface area contributed by atoms with Crippen LogP contribution in [-0.4, -0.2) is 18.5 Å². The number of amides is 3. The summed E-state index contributed by atoms with van der Waals surface area (Å²) in [6.07, 6.45) is 1.57. The van der Waals surface area contributed by atoms with Crippen LogP contribution in [0.15, 0.2) is 77.4 Å². The topological polar surface area (TPSA) is 88.0 Å². The Kier molecular flexibility index (Phi) is 5.96. The number of anilines is 1. The van der Waals surface area contributed by atoms with Crippen molar-refractivity contribution >= 4 is 17.6 Å². The van der Waals surface area contributed by atoms with Crippen LogP contribution in [0, 0.1) is 5.82 Å². The number of rotatable bonds is 6. The molecule has 0 aliphatic heterocycles. The highest BCUT2D eigenvalue weighted by Gasteiger charge is 2.22. The first kappa shape index (κ1) is 18.3. The summed E-state index contributed by atoms with van der Waals surface area (Å²) in [5, 5.41) is 6.26. The molecule has 138 valence electrons. The maximum absolute atomic E-state index is 13.5. The van der Waals surface area contributed by atoms with E-state index in [0.717, 1.165) is 5.56 Å². The summed E-state index contributed by atoms with van der Waals surface area (Å²) in [5.74, 6) is -0.380. The molecule has 0 unspecified atom stereocenters. The Bertz CT molecular complexity index is 898. The van der Waals surface area contributed by atoms with E-state index in [-0.39, 0.29) is 18.3 Å². The zero-order valence-electron chi connectivity index (χ0n) is 14.4. The van der Waals surface area contributed by atoms with Gasteiger partial charge in [-0.05, 0) is 24.3 Å². The number of furan rings is 1. The Morgan fingerprint density at radius 1 is 1.00 bits per heavy atom. The Labute approximate surface area is 155 Å². The number of nitrogens with one attached hydrogen (secondary N) is 2. The molecule has 3 aromatic rings. The number of hydrogen-bond donors (Lipinski definition) is 3. The van der Waals surface area contributed by atoms with E-state index in [4.69, 9.17) is 4.42 Å². The zero-order valence-corrected chi connectivity index (χ0v) is 14.4. The van der Waals surface area contributed by atoms with Gasteiger partial charge < -0.3 is 15.1 Å². The maximum Gasteiger partial charge on any atom is 0.326 e. The van der Waals surface area contributed by atoms with Crippen LogP contribution in [-0.2, 0) is 4.79 Å². The fourth-order valence-electron chi connectivity index (χ4n) is 2.66. The fraction of sp³-hybridized carbons (Fsp3) is 0.100. The first-order valence-electron chi connectivity index (χ1n) is 8.40. The molecule has 7 heteroatoms. The number of para-hydroxylation sites is 1. The number of urea groups is 1. The molecule has 0 aliphatic rings. The van der Waals surface area contributed by atoms with Crippen molar-refractivity contribution in [2.45, 2.75) is 6.04 Å². The van der Waals surface area contributed by atoms with E-state index in [1.165, 1.54) is 18.2 Å². The summed E-state index contributed by atoms with van der Waals surface area (Å²) >= 11 is 0. The van der Waals surface area contributed by atoms with Gasteiger partial charge in [0.25, 0.3) is 5.91 Å². The van der Waals surface area contributed by atoms with Gasteiger partial charge in [0.1, 0.15) is 5.82 Å². The molecule has 0 saturated heterocycles. The van der Waals surface area contributed by atoms with Crippen molar-refractivity contribution in [1.82, 2.24) is 5.32 Å². The number of imide groups is 1. The number of quaternary nitrogens is 1. The normalized spacial score (nSPS) is 11.6. The fourth-order valence-corrected chi connectivity index (χ4v) is 2.66. The Balaban J connectivity index is 1.58. The maximum atomic E-state index is 13.5. The Hall–Kier alpha value is -3.45. The van der Waals surface area contributed by atoms with E-state index in [9.17, 15) is 14.0 Å². The molecule has 0 bridgehead atoms. The van der Waals surface area contributed by atoms with Crippen LogP contribution in [0.1, 0.15) is 17.4 Å². The summed E-state index contributed by atoms with van der Waals surface area (Å²) in [7, 11) is 0. The third-order valence-electron chi connectivity index (χ3n) is 3.92. The van der Waals surface area contributed by atoms with Crippen molar-refractivity contribution in [2.24, 2.45) is 0 Å². The highest BCUT2D eigenvalue weighted by atomic mass is 19.1. The lowest BCUT2D eigenvalue weighted by atomic mass is 10.0. The highest BCUT2D eigenvalue weighted by Crippen LogP contribution is 2.18. The summed E-state index contributed by atoms with van der Waals surface area (Å²) in [6.45, 7) is -0.00898. The Morgan fingerprint density at radius 2 is 1.74 bits per heavy atom. The largest absolute Gasteiger partial charge is 0.463 e. The van der Waals surface area contributed by atoms with Gasteiger partial charge in [-0.1, -0.05) is 42.5 Å². The van der Waals surface area contributed by atoms with E-state index >= 15 is 0 Å². The number of carbonyl (C=O) groups excluding carboxylic acids is 2. The summed E-state index contributed by atoms with van der Waals surface area (Å²) in [5.41, 5.74) is 0.973. The molecule has 0 aliphatic carbocycles. The van der Waals surface area contributed by atoms with Gasteiger partial charge in [-0.2, -0.15) is 0 Å². The van der Waals surface area contributed by atoms with Crippen molar-refractivity contribution in [2.75, 3.05) is 11.9 Å². The number of benzene rings is 2. The average molecular weight is 368 g/mol. The van der Waals surface area contributed by atoms with E-state index < -0.39 is 17.8 Å². The lowest BCUT2D eigenvalue weighted by Gasteiger charge is -2.14. The van der Waals surface area contributed by atoms with Gasteiger partial charge in [-0.3, -0.25) is 10.1 Å². The molecule has 0 radical (unpaired) electrons. The number of halogens is 1. The lowest BCUT2D eigenvalue weighted by molar-refractivity contribution is -0.678. The Morgan fingerprint density at radius 3 is 2.44 bits per heavy atom. The molecule has 1 heterocycles. The van der Waals surface area contributed by atoms with Gasteiger partial charge in [0.15, 0.2) is 18.3 Å². The molecule has 3 amide bonds. The number of carbonyl (C=O) groups is 2. The molecule has 3 rings (SSSR count). The first-order valence-corrected chi connectivity index (χ1v) is 8.40. The van der Waals surface area contributed by atoms with Crippen LogP contribution < -0.4 is 16.0 Å². The minimum Gasteiger partial charge on any atom is -0.463 e. The van der Waals surface area contributed by atoms with Crippen molar-refractivity contribution in [3.63, 3.8) is 0 Å². The molecular formula is C20H19FN3O3+.